The van der Waals surface area contributed by atoms with Crippen LogP contribution in [-0.2, 0) is 20.1 Å². The van der Waals surface area contributed by atoms with Crippen LogP contribution in [0.4, 0.5) is 13.2 Å². The van der Waals surface area contributed by atoms with E-state index in [1.54, 1.807) is 20.0 Å². The molecular formula is C24H23ClF3N5O2. The number of hydrogen-bond donors (Lipinski definition) is 2. The number of pyridine rings is 1. The number of ether oxygens (including phenoxy) is 1. The summed E-state index contributed by atoms with van der Waals surface area (Å²) in [4.78, 5) is 8.36. The van der Waals surface area contributed by atoms with Gasteiger partial charge < -0.3 is 9.84 Å². The second kappa shape index (κ2) is 10.6. The molecule has 2 N–H and O–H groups in total. The Bertz CT molecular complexity index is 1350. The molecule has 0 radical (unpaired) electrons. The molecule has 35 heavy (non-hydrogen) atoms. The van der Waals surface area contributed by atoms with Gasteiger partial charge in [0.15, 0.2) is 24.1 Å². The zero-order chi connectivity index (χ0) is 25.1. The van der Waals surface area contributed by atoms with Crippen molar-refractivity contribution < 1.29 is 23.0 Å². The topological polar surface area (TPSA) is 85.1 Å². The first-order valence-electron chi connectivity index (χ1n) is 10.8. The van der Waals surface area contributed by atoms with Crippen LogP contribution in [0.1, 0.15) is 36.3 Å². The lowest BCUT2D eigenvalue weighted by Crippen LogP contribution is -2.32. The molecule has 184 valence electrons. The summed E-state index contributed by atoms with van der Waals surface area (Å²) in [5.74, 6) is -2.03. The summed E-state index contributed by atoms with van der Waals surface area (Å²) >= 11 is 5.81. The molecular weight excluding hydrogens is 483 g/mol. The number of nitrogens with zero attached hydrogens (tertiary/aromatic N) is 4. The van der Waals surface area contributed by atoms with E-state index in [0.717, 1.165) is 17.7 Å². The maximum Gasteiger partial charge on any atom is 0.221 e. The molecule has 0 aliphatic heterocycles. The highest BCUT2D eigenvalue weighted by molar-refractivity contribution is 6.30. The summed E-state index contributed by atoms with van der Waals surface area (Å²) < 4.78 is 48.8. The van der Waals surface area contributed by atoms with Crippen LogP contribution < -0.4 is 10.1 Å². The van der Waals surface area contributed by atoms with Gasteiger partial charge >= 0.3 is 0 Å². The molecule has 7 nitrogen and oxygen atoms in total. The fraction of sp³-hybridized carbons (Fsp3) is 0.292. The number of aliphatic hydroxyl groups is 1. The van der Waals surface area contributed by atoms with Crippen molar-refractivity contribution in [1.82, 2.24) is 25.1 Å². The molecule has 0 bridgehead atoms. The van der Waals surface area contributed by atoms with Crippen LogP contribution >= 0.6 is 11.6 Å². The van der Waals surface area contributed by atoms with E-state index in [-0.39, 0.29) is 22.9 Å². The van der Waals surface area contributed by atoms with Crippen LogP contribution in [0.25, 0.3) is 10.8 Å². The molecule has 2 aromatic carbocycles. The summed E-state index contributed by atoms with van der Waals surface area (Å²) in [6.45, 7) is 1.77. The van der Waals surface area contributed by atoms with E-state index in [9.17, 15) is 18.3 Å². The average Bonchev–Trinajstić information content (AvgIpc) is 3.24. The minimum absolute atomic E-state index is 0.00119. The first-order chi connectivity index (χ1) is 16.7. The number of aromatic nitrogens is 4. The Hall–Kier alpha value is -3.21. The van der Waals surface area contributed by atoms with Gasteiger partial charge in [0.05, 0.1) is 5.02 Å². The Morgan fingerprint density at radius 3 is 2.51 bits per heavy atom. The molecule has 11 heteroatoms. The summed E-state index contributed by atoms with van der Waals surface area (Å²) in [5, 5.41) is 18.3. The summed E-state index contributed by atoms with van der Waals surface area (Å²) in [5.41, 5.74) is 1.32. The summed E-state index contributed by atoms with van der Waals surface area (Å²) in [6, 6.07) is 6.04. The van der Waals surface area contributed by atoms with Crippen molar-refractivity contribution in [3.63, 3.8) is 0 Å². The lowest BCUT2D eigenvalue weighted by molar-refractivity contribution is 0.116. The van der Waals surface area contributed by atoms with Gasteiger partial charge in [-0.1, -0.05) is 17.7 Å². The van der Waals surface area contributed by atoms with Gasteiger partial charge in [0, 0.05) is 24.7 Å². The number of hydrogen-bond acceptors (Lipinski definition) is 6. The van der Waals surface area contributed by atoms with Crippen LogP contribution in [0, 0.1) is 17.5 Å². The molecule has 0 saturated carbocycles. The number of rotatable bonds is 9. The van der Waals surface area contributed by atoms with Gasteiger partial charge in [0.2, 0.25) is 5.88 Å². The predicted octanol–water partition coefficient (Wildman–Crippen LogP) is 4.61. The second-order valence-electron chi connectivity index (χ2n) is 8.15. The Morgan fingerprint density at radius 2 is 1.83 bits per heavy atom. The van der Waals surface area contributed by atoms with E-state index in [1.807, 2.05) is 0 Å². The maximum atomic E-state index is 14.1. The summed E-state index contributed by atoms with van der Waals surface area (Å²) in [6.07, 6.45) is 2.85. The second-order valence-corrected chi connectivity index (χ2v) is 8.55. The zero-order valence-corrected chi connectivity index (χ0v) is 19.7. The van der Waals surface area contributed by atoms with Gasteiger partial charge in [-0.3, -0.25) is 10.00 Å². The van der Waals surface area contributed by atoms with Crippen molar-refractivity contribution in [3.05, 3.63) is 82.3 Å². The highest BCUT2D eigenvalue weighted by atomic mass is 35.5. The Labute approximate surface area is 204 Å². The number of nitrogens with one attached hydrogen (secondary N) is 1. The van der Waals surface area contributed by atoms with E-state index < -0.39 is 29.7 Å². The minimum atomic E-state index is -1.03. The molecule has 4 aromatic rings. The molecule has 0 aliphatic rings. The molecule has 0 saturated heterocycles. The molecule has 0 amide bonds. The molecule has 2 heterocycles. The third kappa shape index (κ3) is 5.90. The number of fused-ring (bicyclic) bond motifs is 1. The zero-order valence-electron chi connectivity index (χ0n) is 19.0. The Kier molecular flexibility index (Phi) is 7.54. The lowest BCUT2D eigenvalue weighted by Gasteiger charge is -2.21. The fourth-order valence-electron chi connectivity index (χ4n) is 3.73. The van der Waals surface area contributed by atoms with Gasteiger partial charge in [-0.05, 0) is 60.5 Å². The van der Waals surface area contributed by atoms with Crippen molar-refractivity contribution in [2.24, 2.45) is 7.05 Å². The SMILES string of the molecule is CC(NC(O)CCc1ccc(F)c(Cl)c1)c1cnc(OCc2ncn(C)n2)c2cc(F)c(F)cc12. The van der Waals surface area contributed by atoms with Crippen molar-refractivity contribution in [2.75, 3.05) is 0 Å². The minimum Gasteiger partial charge on any atom is -0.469 e. The largest absolute Gasteiger partial charge is 0.469 e. The highest BCUT2D eigenvalue weighted by Gasteiger charge is 2.19. The van der Waals surface area contributed by atoms with Gasteiger partial charge in [-0.25, -0.2) is 23.1 Å². The van der Waals surface area contributed by atoms with Crippen molar-refractivity contribution >= 4 is 22.4 Å². The monoisotopic (exact) mass is 505 g/mol. The van der Waals surface area contributed by atoms with Gasteiger partial charge in [-0.2, -0.15) is 5.10 Å². The molecule has 2 aromatic heterocycles. The van der Waals surface area contributed by atoms with Crippen LogP contribution in [0.5, 0.6) is 5.88 Å². The Morgan fingerprint density at radius 1 is 1.09 bits per heavy atom. The van der Waals surface area contributed by atoms with Crippen molar-refractivity contribution in [1.29, 1.82) is 0 Å². The summed E-state index contributed by atoms with van der Waals surface area (Å²) in [7, 11) is 1.72. The molecule has 0 fully saturated rings. The molecule has 0 spiro atoms. The quantitative estimate of drug-likeness (QED) is 0.323. The van der Waals surface area contributed by atoms with Gasteiger partial charge in [0.1, 0.15) is 18.4 Å². The maximum absolute atomic E-state index is 14.1. The van der Waals surface area contributed by atoms with E-state index in [1.165, 1.54) is 29.3 Å². The number of benzene rings is 2. The molecule has 4 rings (SSSR count). The van der Waals surface area contributed by atoms with Crippen molar-refractivity contribution in [2.45, 2.75) is 38.6 Å². The average molecular weight is 506 g/mol. The van der Waals surface area contributed by atoms with Crippen LogP contribution in [-0.4, -0.2) is 31.1 Å². The normalized spacial score (nSPS) is 13.2. The molecule has 2 unspecified atom stereocenters. The first-order valence-corrected chi connectivity index (χ1v) is 11.2. The first kappa shape index (κ1) is 24.9. The standard InChI is InChI=1S/C24H23ClF3N5O2/c1-13(31-23(34)6-4-14-3-5-19(26)18(25)7-14)17-10-29-24(35-11-22-30-12-33(2)32-22)16-9-21(28)20(27)8-15(16)17/h3,5,7-10,12-13,23,31,34H,4,6,11H2,1-2H3. The predicted molar refractivity (Wildman–Crippen MR) is 124 cm³/mol. The Balaban J connectivity index is 1.51. The number of aliphatic hydroxyl groups excluding tert-OH is 1. The van der Waals surface area contributed by atoms with E-state index in [4.69, 9.17) is 16.3 Å². The lowest BCUT2D eigenvalue weighted by atomic mass is 10.0. The van der Waals surface area contributed by atoms with E-state index >= 15 is 0 Å². The third-order valence-corrected chi connectivity index (χ3v) is 5.80. The fourth-order valence-corrected chi connectivity index (χ4v) is 3.94. The smallest absolute Gasteiger partial charge is 0.221 e. The van der Waals surface area contributed by atoms with E-state index in [2.05, 4.69) is 20.4 Å². The van der Waals surface area contributed by atoms with Crippen LogP contribution in [0.15, 0.2) is 42.9 Å². The molecule has 0 aliphatic carbocycles. The van der Waals surface area contributed by atoms with Crippen LogP contribution in [0.3, 0.4) is 0 Å². The third-order valence-electron chi connectivity index (χ3n) is 5.51. The molecule has 2 atom stereocenters. The van der Waals surface area contributed by atoms with Gasteiger partial charge in [-0.15, -0.1) is 0 Å². The van der Waals surface area contributed by atoms with E-state index in [0.29, 0.717) is 29.6 Å². The van der Waals surface area contributed by atoms with Crippen LogP contribution in [0.2, 0.25) is 5.02 Å². The van der Waals surface area contributed by atoms with Crippen molar-refractivity contribution in [3.8, 4) is 5.88 Å². The number of aryl methyl sites for hydroxylation is 2. The number of halogens is 4. The highest BCUT2D eigenvalue weighted by Crippen LogP contribution is 2.32. The van der Waals surface area contributed by atoms with Gasteiger partial charge in [0.25, 0.3) is 0 Å².